The second-order valence-electron chi connectivity index (χ2n) is 15.1. The van der Waals surface area contributed by atoms with Crippen molar-refractivity contribution in [3.05, 3.63) is 12.2 Å². The summed E-state index contributed by atoms with van der Waals surface area (Å²) in [6.07, 6.45) is 29.3. The van der Waals surface area contributed by atoms with E-state index in [1.807, 2.05) is 0 Å². The van der Waals surface area contributed by atoms with Gasteiger partial charge in [-0.3, -0.25) is 4.79 Å². The molecule has 0 aliphatic carbocycles. The Morgan fingerprint density at radius 3 is 1.59 bits per heavy atom. The zero-order valence-corrected chi connectivity index (χ0v) is 32.9. The molecule has 0 aromatic carbocycles. The Balaban J connectivity index is 2.33. The molecule has 7 atom stereocenters. The van der Waals surface area contributed by atoms with Crippen LogP contribution in [0.3, 0.4) is 0 Å². The van der Waals surface area contributed by atoms with E-state index in [4.69, 9.17) is 9.47 Å². The number of amides is 1. The van der Waals surface area contributed by atoms with Crippen LogP contribution in [0.4, 0.5) is 0 Å². The van der Waals surface area contributed by atoms with Crippen LogP contribution < -0.4 is 5.32 Å². The van der Waals surface area contributed by atoms with E-state index in [-0.39, 0.29) is 12.5 Å². The first-order valence-electron chi connectivity index (χ1n) is 21.4. The highest BCUT2D eigenvalue weighted by Gasteiger charge is 2.44. The lowest BCUT2D eigenvalue weighted by molar-refractivity contribution is -0.302. The Morgan fingerprint density at radius 2 is 1.10 bits per heavy atom. The molecule has 0 bridgehead atoms. The molecule has 302 valence electrons. The van der Waals surface area contributed by atoms with Crippen molar-refractivity contribution in [3.8, 4) is 0 Å². The molecule has 0 radical (unpaired) electrons. The smallest absolute Gasteiger partial charge is 0.220 e. The summed E-state index contributed by atoms with van der Waals surface area (Å²) >= 11 is 0. The third-order valence-corrected chi connectivity index (χ3v) is 10.4. The van der Waals surface area contributed by atoms with Crippen LogP contribution in [0.25, 0.3) is 0 Å². The van der Waals surface area contributed by atoms with Crippen molar-refractivity contribution < 1.29 is 39.8 Å². The first-order valence-corrected chi connectivity index (χ1v) is 21.4. The Kier molecular flexibility index (Phi) is 31.5. The highest BCUT2D eigenvalue weighted by molar-refractivity contribution is 5.76. The third-order valence-electron chi connectivity index (χ3n) is 10.4. The van der Waals surface area contributed by atoms with Crippen molar-refractivity contribution in [2.45, 2.75) is 236 Å². The van der Waals surface area contributed by atoms with Gasteiger partial charge >= 0.3 is 0 Å². The van der Waals surface area contributed by atoms with Crippen LogP contribution in [0, 0.1) is 0 Å². The van der Waals surface area contributed by atoms with E-state index in [1.54, 1.807) is 0 Å². The molecule has 1 fully saturated rings. The van der Waals surface area contributed by atoms with Crippen molar-refractivity contribution in [2.75, 3.05) is 13.2 Å². The van der Waals surface area contributed by atoms with Gasteiger partial charge in [-0.1, -0.05) is 161 Å². The Morgan fingerprint density at radius 1 is 0.647 bits per heavy atom. The lowest BCUT2D eigenvalue weighted by Crippen LogP contribution is -2.60. The fraction of sp³-hybridized carbons (Fsp3) is 0.929. The highest BCUT2D eigenvalue weighted by atomic mass is 16.7. The molecule has 1 rings (SSSR count). The summed E-state index contributed by atoms with van der Waals surface area (Å²) in [5.41, 5.74) is 0. The second kappa shape index (κ2) is 33.5. The number of carbonyl (C=O) groups is 1. The van der Waals surface area contributed by atoms with E-state index in [2.05, 4.69) is 31.3 Å². The first-order chi connectivity index (χ1) is 24.8. The number of ether oxygens (including phenoxy) is 2. The summed E-state index contributed by atoms with van der Waals surface area (Å²) in [6.45, 7) is 3.80. The number of aliphatic hydroxyl groups is 5. The van der Waals surface area contributed by atoms with Crippen LogP contribution >= 0.6 is 0 Å². The molecule has 0 spiro atoms. The molecule has 1 amide bonds. The molecule has 9 nitrogen and oxygen atoms in total. The predicted octanol–water partition coefficient (Wildman–Crippen LogP) is 8.17. The molecular formula is C42H81NO8. The third kappa shape index (κ3) is 24.8. The van der Waals surface area contributed by atoms with Gasteiger partial charge in [0.1, 0.15) is 24.4 Å². The first kappa shape index (κ1) is 48.0. The molecule has 0 aromatic rings. The van der Waals surface area contributed by atoms with E-state index in [9.17, 15) is 30.3 Å². The number of hydrogen-bond donors (Lipinski definition) is 6. The fourth-order valence-electron chi connectivity index (χ4n) is 6.86. The SMILES string of the molecule is CCCCCCCCC/C=C\CCCCCCCCCC(=O)NC(COC1OC(CO)C(O)C(O)C1O)C(O)CCCCCCCCCCCC. The minimum Gasteiger partial charge on any atom is -0.394 e. The van der Waals surface area contributed by atoms with Gasteiger partial charge in [0.2, 0.25) is 5.91 Å². The molecular weight excluding hydrogens is 646 g/mol. The average Bonchev–Trinajstić information content (AvgIpc) is 3.13. The summed E-state index contributed by atoms with van der Waals surface area (Å²) in [7, 11) is 0. The van der Waals surface area contributed by atoms with Crippen molar-refractivity contribution >= 4 is 5.91 Å². The fourth-order valence-corrected chi connectivity index (χ4v) is 6.86. The van der Waals surface area contributed by atoms with Crippen LogP contribution in [0.2, 0.25) is 0 Å². The second-order valence-corrected chi connectivity index (χ2v) is 15.1. The monoisotopic (exact) mass is 728 g/mol. The van der Waals surface area contributed by atoms with Crippen molar-refractivity contribution in [1.82, 2.24) is 5.32 Å². The largest absolute Gasteiger partial charge is 0.394 e. The zero-order chi connectivity index (χ0) is 37.4. The Hall–Kier alpha value is -1.07. The Labute approximate surface area is 312 Å². The standard InChI is InChI=1S/C42H81NO8/c1-3-5-7-9-11-13-15-16-17-18-19-20-21-22-24-26-28-30-32-38(46)43-35(34-50-42-41(49)40(48)39(47)37(33-44)51-42)36(45)31-29-27-25-23-14-12-10-8-6-4-2/h17-18,35-37,39-42,44-45,47-49H,3-16,19-34H2,1-2H3,(H,43,46)/b18-17-. The molecule has 1 heterocycles. The highest BCUT2D eigenvalue weighted by Crippen LogP contribution is 2.23. The lowest BCUT2D eigenvalue weighted by Gasteiger charge is -2.40. The van der Waals surface area contributed by atoms with Crippen LogP contribution in [0.5, 0.6) is 0 Å². The minimum atomic E-state index is -1.55. The normalized spacial score (nSPS) is 22.1. The molecule has 9 heteroatoms. The summed E-state index contributed by atoms with van der Waals surface area (Å²) in [5.74, 6) is -0.150. The molecule has 1 aliphatic rings. The van der Waals surface area contributed by atoms with Gasteiger partial charge in [-0.15, -0.1) is 0 Å². The van der Waals surface area contributed by atoms with Gasteiger partial charge in [0.25, 0.3) is 0 Å². The Bertz CT molecular complexity index is 812. The number of hydrogen-bond acceptors (Lipinski definition) is 8. The van der Waals surface area contributed by atoms with Crippen LogP contribution in [0.1, 0.15) is 194 Å². The van der Waals surface area contributed by atoms with Gasteiger partial charge in [0.05, 0.1) is 25.4 Å². The molecule has 6 N–H and O–H groups in total. The summed E-state index contributed by atoms with van der Waals surface area (Å²) < 4.78 is 11.2. The van der Waals surface area contributed by atoms with Crippen LogP contribution in [0.15, 0.2) is 12.2 Å². The van der Waals surface area contributed by atoms with Gasteiger partial charge in [0.15, 0.2) is 6.29 Å². The molecule has 0 saturated carbocycles. The number of rotatable bonds is 35. The molecule has 1 aliphatic heterocycles. The lowest BCUT2D eigenvalue weighted by atomic mass is 9.99. The van der Waals surface area contributed by atoms with Crippen molar-refractivity contribution in [2.24, 2.45) is 0 Å². The number of aliphatic hydroxyl groups excluding tert-OH is 5. The topological polar surface area (TPSA) is 149 Å². The summed E-state index contributed by atoms with van der Waals surface area (Å²) in [6, 6.07) is -0.715. The van der Waals surface area contributed by atoms with E-state index in [0.29, 0.717) is 12.8 Å². The van der Waals surface area contributed by atoms with E-state index < -0.39 is 49.5 Å². The van der Waals surface area contributed by atoms with Gasteiger partial charge in [-0.2, -0.15) is 0 Å². The van der Waals surface area contributed by atoms with E-state index in [1.165, 1.54) is 128 Å². The van der Waals surface area contributed by atoms with Crippen molar-refractivity contribution in [3.63, 3.8) is 0 Å². The maximum absolute atomic E-state index is 12.9. The molecule has 7 unspecified atom stereocenters. The van der Waals surface area contributed by atoms with Gasteiger partial charge in [-0.05, 0) is 38.5 Å². The summed E-state index contributed by atoms with van der Waals surface area (Å²) in [5, 5.41) is 54.1. The van der Waals surface area contributed by atoms with Crippen LogP contribution in [-0.4, -0.2) is 87.5 Å². The molecule has 0 aromatic heterocycles. The van der Waals surface area contributed by atoms with Gasteiger partial charge in [-0.25, -0.2) is 0 Å². The number of unbranched alkanes of at least 4 members (excludes halogenated alkanes) is 23. The summed E-state index contributed by atoms with van der Waals surface area (Å²) in [4.78, 5) is 12.9. The number of carbonyl (C=O) groups excluding carboxylic acids is 1. The molecule has 51 heavy (non-hydrogen) atoms. The van der Waals surface area contributed by atoms with Crippen molar-refractivity contribution in [1.29, 1.82) is 0 Å². The maximum atomic E-state index is 12.9. The number of nitrogens with one attached hydrogen (secondary N) is 1. The molecule has 1 saturated heterocycles. The maximum Gasteiger partial charge on any atom is 0.220 e. The quantitative estimate of drug-likeness (QED) is 0.0283. The minimum absolute atomic E-state index is 0.137. The predicted molar refractivity (Wildman–Crippen MR) is 207 cm³/mol. The van der Waals surface area contributed by atoms with E-state index in [0.717, 1.165) is 38.5 Å². The zero-order valence-electron chi connectivity index (χ0n) is 32.9. The van der Waals surface area contributed by atoms with Gasteiger partial charge < -0.3 is 40.3 Å². The van der Waals surface area contributed by atoms with Crippen LogP contribution in [-0.2, 0) is 14.3 Å². The number of allylic oxidation sites excluding steroid dienone is 2. The van der Waals surface area contributed by atoms with E-state index >= 15 is 0 Å². The average molecular weight is 728 g/mol. The van der Waals surface area contributed by atoms with Gasteiger partial charge in [0, 0.05) is 6.42 Å².